The standard InChI is InChI=1S/C51H95NO7/c1-6-8-10-12-14-16-18-20-22-24-26-27-29-31-33-35-37-39-41-49(53)58-46-47(45-57-44-43-48(51(55)56)52(3,4)5)59-50(54)42-40-38-36-34-32-30-28-25-23-21-19-17-15-13-11-9-7-2/h22,24,26-27,47-48H,6-21,23,25,28-46H2,1-5H3/p+1/b24-22+,27-26+. The maximum atomic E-state index is 12.8. The van der Waals surface area contributed by atoms with Crippen LogP contribution < -0.4 is 0 Å². The minimum absolute atomic E-state index is 0.0544. The molecule has 0 saturated heterocycles. The maximum Gasteiger partial charge on any atom is 0.362 e. The van der Waals surface area contributed by atoms with Gasteiger partial charge in [0.25, 0.3) is 0 Å². The van der Waals surface area contributed by atoms with E-state index < -0.39 is 18.1 Å². The Hall–Kier alpha value is -2.19. The van der Waals surface area contributed by atoms with Crippen molar-refractivity contribution < 1.29 is 38.2 Å². The van der Waals surface area contributed by atoms with E-state index in [9.17, 15) is 19.5 Å². The lowest BCUT2D eigenvalue weighted by Crippen LogP contribution is -2.50. The third-order valence-electron chi connectivity index (χ3n) is 11.4. The minimum atomic E-state index is -0.874. The quantitative estimate of drug-likeness (QED) is 0.0282. The highest BCUT2D eigenvalue weighted by molar-refractivity contribution is 5.72. The molecule has 8 nitrogen and oxygen atoms in total. The van der Waals surface area contributed by atoms with Crippen LogP contribution in [0.15, 0.2) is 24.3 Å². The first-order valence-corrected chi connectivity index (χ1v) is 24.9. The molecule has 0 fully saturated rings. The fourth-order valence-corrected chi connectivity index (χ4v) is 7.50. The Morgan fingerprint density at radius 1 is 0.508 bits per heavy atom. The smallest absolute Gasteiger partial charge is 0.362 e. The van der Waals surface area contributed by atoms with Crippen molar-refractivity contribution in [2.24, 2.45) is 0 Å². The van der Waals surface area contributed by atoms with Gasteiger partial charge >= 0.3 is 17.9 Å². The van der Waals surface area contributed by atoms with Crippen LogP contribution in [0.1, 0.15) is 232 Å². The number of hydrogen-bond donors (Lipinski definition) is 1. The second-order valence-electron chi connectivity index (χ2n) is 18.1. The van der Waals surface area contributed by atoms with Gasteiger partial charge in [-0.05, 0) is 38.5 Å². The molecule has 0 rings (SSSR count). The average molecular weight is 835 g/mol. The summed E-state index contributed by atoms with van der Waals surface area (Å²) < 4.78 is 17.3. The lowest BCUT2D eigenvalue weighted by Gasteiger charge is -2.31. The normalized spacial score (nSPS) is 13.0. The predicted molar refractivity (Wildman–Crippen MR) is 248 cm³/mol. The molecule has 2 atom stereocenters. The van der Waals surface area contributed by atoms with Crippen molar-refractivity contribution in [2.75, 3.05) is 41.0 Å². The zero-order valence-corrected chi connectivity index (χ0v) is 39.5. The Labute approximate surface area is 364 Å². The molecule has 1 N–H and O–H groups in total. The van der Waals surface area contributed by atoms with Gasteiger partial charge in [-0.1, -0.05) is 199 Å². The molecule has 0 bridgehead atoms. The molecule has 0 spiro atoms. The first-order chi connectivity index (χ1) is 28.6. The number of hydrogen-bond acceptors (Lipinski definition) is 6. The van der Waals surface area contributed by atoms with Crippen molar-refractivity contribution in [3.8, 4) is 0 Å². The van der Waals surface area contributed by atoms with E-state index in [0.29, 0.717) is 19.3 Å². The first kappa shape index (κ1) is 56.8. The Balaban J connectivity index is 4.28. The van der Waals surface area contributed by atoms with Crippen molar-refractivity contribution in [3.05, 3.63) is 24.3 Å². The molecular formula is C51H96NO7+. The number of esters is 2. The SMILES string of the molecule is CCCCCCCCC/C=C/C=C/CCCCCCCC(=O)OCC(COCCC(C(=O)O)[N+](C)(C)C)OC(=O)CCCCCCCCCCCCCCCCCCC. The van der Waals surface area contributed by atoms with Crippen LogP contribution >= 0.6 is 0 Å². The summed E-state index contributed by atoms with van der Waals surface area (Å²) in [5.74, 6) is -1.47. The lowest BCUT2D eigenvalue weighted by molar-refractivity contribution is -0.887. The molecule has 0 aliphatic carbocycles. The van der Waals surface area contributed by atoms with E-state index in [1.165, 1.54) is 141 Å². The van der Waals surface area contributed by atoms with Gasteiger partial charge in [-0.3, -0.25) is 9.59 Å². The molecule has 0 aliphatic rings. The second kappa shape index (κ2) is 42.5. The summed E-state index contributed by atoms with van der Waals surface area (Å²) in [4.78, 5) is 37.1. The monoisotopic (exact) mass is 835 g/mol. The van der Waals surface area contributed by atoms with E-state index in [1.54, 1.807) is 0 Å². The van der Waals surface area contributed by atoms with Gasteiger partial charge in [0.2, 0.25) is 0 Å². The van der Waals surface area contributed by atoms with Gasteiger partial charge in [-0.15, -0.1) is 0 Å². The fraction of sp³-hybridized carbons (Fsp3) is 0.863. The minimum Gasteiger partial charge on any atom is -0.477 e. The summed E-state index contributed by atoms with van der Waals surface area (Å²) in [6.07, 6.45) is 47.9. The molecule has 0 radical (unpaired) electrons. The highest BCUT2D eigenvalue weighted by Gasteiger charge is 2.31. The maximum absolute atomic E-state index is 12.8. The number of ether oxygens (including phenoxy) is 3. The number of quaternary nitrogens is 1. The van der Waals surface area contributed by atoms with Crippen LogP contribution in [0.3, 0.4) is 0 Å². The number of carbonyl (C=O) groups is 3. The Kier molecular flexibility index (Phi) is 40.9. The van der Waals surface area contributed by atoms with Crippen molar-refractivity contribution in [1.82, 2.24) is 0 Å². The van der Waals surface area contributed by atoms with Gasteiger partial charge in [0, 0.05) is 19.3 Å². The molecule has 0 amide bonds. The van der Waals surface area contributed by atoms with E-state index in [-0.39, 0.29) is 36.2 Å². The topological polar surface area (TPSA) is 99.1 Å². The molecule has 0 aromatic carbocycles. The highest BCUT2D eigenvalue weighted by atomic mass is 16.6. The van der Waals surface area contributed by atoms with E-state index in [2.05, 4.69) is 38.2 Å². The van der Waals surface area contributed by atoms with Crippen molar-refractivity contribution >= 4 is 17.9 Å². The van der Waals surface area contributed by atoms with Gasteiger partial charge in [0.15, 0.2) is 12.1 Å². The number of allylic oxidation sites excluding steroid dienone is 4. The van der Waals surface area contributed by atoms with Crippen LogP contribution in [0.2, 0.25) is 0 Å². The van der Waals surface area contributed by atoms with E-state index in [0.717, 1.165) is 57.8 Å². The summed E-state index contributed by atoms with van der Waals surface area (Å²) in [5.41, 5.74) is 0. The van der Waals surface area contributed by atoms with E-state index >= 15 is 0 Å². The molecule has 8 heteroatoms. The van der Waals surface area contributed by atoms with E-state index in [4.69, 9.17) is 14.2 Å². The summed E-state index contributed by atoms with van der Waals surface area (Å²) in [6, 6.07) is -0.614. The fourth-order valence-electron chi connectivity index (χ4n) is 7.50. The number of rotatable bonds is 45. The van der Waals surface area contributed by atoms with Crippen LogP contribution in [0.25, 0.3) is 0 Å². The summed E-state index contributed by atoms with van der Waals surface area (Å²) in [7, 11) is 5.54. The number of carbonyl (C=O) groups excluding carboxylic acids is 2. The molecule has 0 aromatic heterocycles. The van der Waals surface area contributed by atoms with Gasteiger partial charge in [-0.25, -0.2) is 4.79 Å². The number of carboxylic acid groups (broad SMARTS) is 1. The molecule has 0 saturated carbocycles. The van der Waals surface area contributed by atoms with Crippen molar-refractivity contribution in [2.45, 2.75) is 244 Å². The zero-order valence-electron chi connectivity index (χ0n) is 39.5. The number of aliphatic carboxylic acids is 1. The Morgan fingerprint density at radius 2 is 0.881 bits per heavy atom. The third kappa shape index (κ3) is 41.0. The lowest BCUT2D eigenvalue weighted by atomic mass is 10.0. The predicted octanol–water partition coefficient (Wildman–Crippen LogP) is 14.0. The molecule has 0 aromatic rings. The van der Waals surface area contributed by atoms with Crippen LogP contribution in [0, 0.1) is 0 Å². The van der Waals surface area contributed by atoms with Crippen molar-refractivity contribution in [1.29, 1.82) is 0 Å². The first-order valence-electron chi connectivity index (χ1n) is 24.9. The van der Waals surface area contributed by atoms with Crippen LogP contribution in [0.4, 0.5) is 0 Å². The summed E-state index contributed by atoms with van der Waals surface area (Å²) in [6.45, 7) is 4.75. The summed E-state index contributed by atoms with van der Waals surface area (Å²) >= 11 is 0. The molecule has 346 valence electrons. The summed E-state index contributed by atoms with van der Waals surface area (Å²) in [5, 5.41) is 9.64. The van der Waals surface area contributed by atoms with Gasteiger partial charge in [0.1, 0.15) is 6.61 Å². The highest BCUT2D eigenvalue weighted by Crippen LogP contribution is 2.16. The van der Waals surface area contributed by atoms with E-state index in [1.807, 2.05) is 21.1 Å². The number of likely N-dealkylation sites (N-methyl/N-ethyl adjacent to an activating group) is 1. The molecule has 2 unspecified atom stereocenters. The van der Waals surface area contributed by atoms with Gasteiger partial charge < -0.3 is 23.8 Å². The third-order valence-corrected chi connectivity index (χ3v) is 11.4. The van der Waals surface area contributed by atoms with Crippen LogP contribution in [-0.4, -0.2) is 80.6 Å². The van der Waals surface area contributed by atoms with Crippen LogP contribution in [0.5, 0.6) is 0 Å². The number of nitrogens with zero attached hydrogens (tertiary/aromatic N) is 1. The van der Waals surface area contributed by atoms with Crippen LogP contribution in [-0.2, 0) is 28.6 Å². The van der Waals surface area contributed by atoms with Crippen molar-refractivity contribution in [3.63, 3.8) is 0 Å². The molecule has 59 heavy (non-hydrogen) atoms. The largest absolute Gasteiger partial charge is 0.477 e. The molecule has 0 aliphatic heterocycles. The Bertz CT molecular complexity index is 1020. The average Bonchev–Trinajstić information content (AvgIpc) is 3.19. The van der Waals surface area contributed by atoms with Gasteiger partial charge in [0.05, 0.1) is 34.4 Å². The molecular weight excluding hydrogens is 739 g/mol. The number of unbranched alkanes of at least 4 members (excludes halogenated alkanes) is 28. The second-order valence-corrected chi connectivity index (χ2v) is 18.1. The number of carboxylic acids is 1. The Morgan fingerprint density at radius 3 is 1.27 bits per heavy atom. The zero-order chi connectivity index (χ0) is 43.5. The molecule has 0 heterocycles. The van der Waals surface area contributed by atoms with Gasteiger partial charge in [-0.2, -0.15) is 0 Å².